The molecule has 7 heteroatoms. The fraction of sp³-hybridized carbons (Fsp3) is 0.300. The first-order valence-corrected chi connectivity index (χ1v) is 8.43. The van der Waals surface area contributed by atoms with Crippen LogP contribution in [0.15, 0.2) is 55.0 Å². The summed E-state index contributed by atoms with van der Waals surface area (Å²) in [5.74, 6) is 0.820. The summed E-state index contributed by atoms with van der Waals surface area (Å²) in [4.78, 5) is 11.2. The van der Waals surface area contributed by atoms with Crippen molar-refractivity contribution in [1.82, 2.24) is 14.9 Å². The zero-order valence-electron chi connectivity index (χ0n) is 15.1. The van der Waals surface area contributed by atoms with Gasteiger partial charge in [-0.15, -0.1) is 37.2 Å². The lowest BCUT2D eigenvalue weighted by atomic mass is 10.1. The van der Waals surface area contributed by atoms with Gasteiger partial charge in [-0.25, -0.2) is 0 Å². The van der Waals surface area contributed by atoms with Crippen LogP contribution in [0.2, 0.25) is 0 Å². The van der Waals surface area contributed by atoms with Gasteiger partial charge in [-0.1, -0.05) is 18.2 Å². The molecule has 27 heavy (non-hydrogen) atoms. The maximum absolute atomic E-state index is 5.99. The van der Waals surface area contributed by atoms with Crippen molar-refractivity contribution >= 4 is 48.1 Å². The first-order chi connectivity index (χ1) is 11.8. The van der Waals surface area contributed by atoms with Crippen molar-refractivity contribution in [2.45, 2.75) is 18.9 Å². The molecule has 1 saturated heterocycles. The molecule has 1 fully saturated rings. The maximum atomic E-state index is 5.99. The molecule has 4 rings (SSSR count). The minimum Gasteiger partial charge on any atom is -0.490 e. The predicted octanol–water partition coefficient (Wildman–Crippen LogP) is 5.04. The first kappa shape index (κ1) is 23.4. The monoisotopic (exact) mass is 427 g/mol. The lowest BCUT2D eigenvalue weighted by Gasteiger charge is -2.19. The molecule has 3 aromatic rings. The molecule has 0 unspecified atom stereocenters. The molecule has 0 spiro atoms. The fourth-order valence-electron chi connectivity index (χ4n) is 3.27. The molecule has 4 nitrogen and oxygen atoms in total. The highest BCUT2D eigenvalue weighted by atomic mass is 35.5. The average molecular weight is 429 g/mol. The van der Waals surface area contributed by atoms with Crippen LogP contribution in [0.3, 0.4) is 0 Å². The van der Waals surface area contributed by atoms with Crippen LogP contribution in [0.1, 0.15) is 12.8 Å². The van der Waals surface area contributed by atoms with Crippen LogP contribution in [-0.2, 0) is 0 Å². The van der Waals surface area contributed by atoms with Gasteiger partial charge < -0.3 is 9.64 Å². The van der Waals surface area contributed by atoms with Gasteiger partial charge in [-0.05, 0) is 44.6 Å². The van der Waals surface area contributed by atoms with E-state index in [1.54, 1.807) is 6.20 Å². The number of fused-ring (bicyclic) bond motifs is 1. The van der Waals surface area contributed by atoms with Crippen LogP contribution in [0.5, 0.6) is 5.75 Å². The Morgan fingerprint density at radius 1 is 1.04 bits per heavy atom. The number of likely N-dealkylation sites (tertiary alicyclic amines) is 1. The number of para-hydroxylation sites is 1. The second kappa shape index (κ2) is 10.7. The van der Waals surface area contributed by atoms with E-state index in [2.05, 4.69) is 34.0 Å². The number of halogens is 3. The minimum atomic E-state index is 0. The molecule has 1 aliphatic rings. The van der Waals surface area contributed by atoms with E-state index in [-0.39, 0.29) is 37.2 Å². The number of nitrogens with zero attached hydrogens (tertiary/aromatic N) is 3. The average Bonchev–Trinajstić information content (AvgIpc) is 3.05. The summed E-state index contributed by atoms with van der Waals surface area (Å²) in [6.07, 6.45) is 8.00. The lowest BCUT2D eigenvalue weighted by Crippen LogP contribution is -2.30. The van der Waals surface area contributed by atoms with Crippen LogP contribution in [0, 0.1) is 0 Å². The largest absolute Gasteiger partial charge is 0.490 e. The Morgan fingerprint density at radius 3 is 2.59 bits per heavy atom. The Balaban J connectivity index is 0.00000121. The van der Waals surface area contributed by atoms with Gasteiger partial charge in [-0.3, -0.25) is 9.97 Å². The van der Waals surface area contributed by atoms with E-state index in [0.717, 1.165) is 40.9 Å². The van der Waals surface area contributed by atoms with Crippen molar-refractivity contribution in [2.75, 3.05) is 20.2 Å². The number of pyridine rings is 2. The third-order valence-electron chi connectivity index (χ3n) is 4.75. The summed E-state index contributed by atoms with van der Waals surface area (Å²) in [7, 11) is 2.16. The van der Waals surface area contributed by atoms with E-state index in [1.807, 2.05) is 36.7 Å². The fourth-order valence-corrected chi connectivity index (χ4v) is 3.27. The van der Waals surface area contributed by atoms with Gasteiger partial charge in [-0.2, -0.15) is 0 Å². The van der Waals surface area contributed by atoms with Gasteiger partial charge in [0.1, 0.15) is 12.4 Å². The Kier molecular flexibility index (Phi) is 9.27. The van der Waals surface area contributed by atoms with E-state index < -0.39 is 0 Å². The van der Waals surface area contributed by atoms with Crippen molar-refractivity contribution in [2.24, 2.45) is 0 Å². The summed E-state index contributed by atoms with van der Waals surface area (Å²) in [6, 6.07) is 12.8. The van der Waals surface area contributed by atoms with Gasteiger partial charge in [0.05, 0.1) is 11.7 Å². The van der Waals surface area contributed by atoms with Gasteiger partial charge in [0.25, 0.3) is 0 Å². The first-order valence-electron chi connectivity index (χ1n) is 8.43. The summed E-state index contributed by atoms with van der Waals surface area (Å²) >= 11 is 0. The number of aromatic nitrogens is 2. The van der Waals surface area contributed by atoms with E-state index in [1.165, 1.54) is 12.8 Å². The molecular formula is C20H24Cl3N3O. The van der Waals surface area contributed by atoms with E-state index in [4.69, 9.17) is 4.74 Å². The summed E-state index contributed by atoms with van der Waals surface area (Å²) in [5, 5.41) is 1.13. The smallest absolute Gasteiger partial charge is 0.138 e. The Hall–Kier alpha value is -1.59. The number of benzene rings is 1. The van der Waals surface area contributed by atoms with Crippen molar-refractivity contribution < 1.29 is 4.74 Å². The summed E-state index contributed by atoms with van der Waals surface area (Å²) in [5.41, 5.74) is 3.10. The van der Waals surface area contributed by atoms with Crippen molar-refractivity contribution in [3.8, 4) is 16.9 Å². The zero-order chi connectivity index (χ0) is 16.4. The van der Waals surface area contributed by atoms with Crippen molar-refractivity contribution in [3.63, 3.8) is 0 Å². The molecule has 2 aromatic heterocycles. The predicted molar refractivity (Wildman–Crippen MR) is 118 cm³/mol. The highest BCUT2D eigenvalue weighted by Gasteiger charge is 2.21. The number of ether oxygens (including phenoxy) is 1. The van der Waals surface area contributed by atoms with Gasteiger partial charge >= 0.3 is 0 Å². The standard InChI is InChI=1S/C20H21N3O.3ClH/c1-23-8-4-6-18(23)14-24-19-10-17(11-21-13-19)16-9-15-5-2-3-7-20(15)22-12-16;;;/h2-3,5,7,9-13,18H,4,6,8,14H2,1H3;3*1H/t18-;;;/m0.../s1. The van der Waals surface area contributed by atoms with Crippen LogP contribution >= 0.6 is 37.2 Å². The molecule has 0 amide bonds. The molecule has 0 saturated carbocycles. The molecular weight excluding hydrogens is 405 g/mol. The van der Waals surface area contributed by atoms with Gasteiger partial charge in [0.2, 0.25) is 0 Å². The highest BCUT2D eigenvalue weighted by Crippen LogP contribution is 2.25. The van der Waals surface area contributed by atoms with Crippen molar-refractivity contribution in [1.29, 1.82) is 0 Å². The number of likely N-dealkylation sites (N-methyl/N-ethyl adjacent to an activating group) is 1. The molecule has 146 valence electrons. The Morgan fingerprint density at radius 2 is 1.81 bits per heavy atom. The zero-order valence-corrected chi connectivity index (χ0v) is 17.5. The summed E-state index contributed by atoms with van der Waals surface area (Å²) in [6.45, 7) is 1.88. The number of hydrogen-bond acceptors (Lipinski definition) is 4. The summed E-state index contributed by atoms with van der Waals surface area (Å²) < 4.78 is 5.99. The molecule has 1 aromatic carbocycles. The van der Waals surface area contributed by atoms with Gasteiger partial charge in [0.15, 0.2) is 0 Å². The number of rotatable bonds is 4. The van der Waals surface area contributed by atoms with Crippen LogP contribution in [0.4, 0.5) is 0 Å². The molecule has 1 aliphatic heterocycles. The molecule has 0 aliphatic carbocycles. The third-order valence-corrected chi connectivity index (χ3v) is 4.75. The molecule has 0 N–H and O–H groups in total. The van der Waals surface area contributed by atoms with Crippen LogP contribution < -0.4 is 4.74 Å². The molecule has 0 radical (unpaired) electrons. The van der Waals surface area contributed by atoms with Crippen LogP contribution in [0.25, 0.3) is 22.0 Å². The normalized spacial score (nSPS) is 16.1. The SMILES string of the molecule is CN1CCC[C@H]1COc1cncc(-c2cnc3ccccc3c2)c1.Cl.Cl.Cl. The quantitative estimate of drug-likeness (QED) is 0.584. The number of hydrogen-bond donors (Lipinski definition) is 0. The highest BCUT2D eigenvalue weighted by molar-refractivity contribution is 5.86. The lowest BCUT2D eigenvalue weighted by molar-refractivity contribution is 0.198. The topological polar surface area (TPSA) is 38.2 Å². The second-order valence-corrected chi connectivity index (χ2v) is 6.41. The van der Waals surface area contributed by atoms with E-state index in [0.29, 0.717) is 6.04 Å². The Bertz CT molecular complexity index is 863. The van der Waals surface area contributed by atoms with Crippen LogP contribution in [-0.4, -0.2) is 41.1 Å². The minimum absolute atomic E-state index is 0. The van der Waals surface area contributed by atoms with E-state index in [9.17, 15) is 0 Å². The molecule has 1 atom stereocenters. The second-order valence-electron chi connectivity index (χ2n) is 6.41. The van der Waals surface area contributed by atoms with E-state index >= 15 is 0 Å². The molecule has 3 heterocycles. The molecule has 0 bridgehead atoms. The van der Waals surface area contributed by atoms with Crippen molar-refractivity contribution in [3.05, 3.63) is 55.0 Å². The third kappa shape index (κ3) is 5.45. The Labute approximate surface area is 178 Å². The van der Waals surface area contributed by atoms with Gasteiger partial charge in [0, 0.05) is 34.9 Å². The maximum Gasteiger partial charge on any atom is 0.138 e.